The van der Waals surface area contributed by atoms with E-state index in [1.54, 1.807) is 0 Å². The fraction of sp³-hybridized carbons (Fsp3) is 0.125. The summed E-state index contributed by atoms with van der Waals surface area (Å²) in [5.74, 6) is -1.62. The van der Waals surface area contributed by atoms with Crippen LogP contribution in [-0.4, -0.2) is 24.7 Å². The maximum Gasteiger partial charge on any atom is 0.586 e. The maximum absolute atomic E-state index is 13.0. The SMILES string of the molecule is NC(=O)c1cc(Cl)ccc1OCC(=O)Nc1ccc2c(c1)OC(F)(F)O2. The Labute approximate surface area is 150 Å². The Morgan fingerprint density at radius 2 is 1.88 bits per heavy atom. The van der Waals surface area contributed by atoms with Gasteiger partial charge in [-0.05, 0) is 30.3 Å². The number of amides is 2. The molecule has 26 heavy (non-hydrogen) atoms. The zero-order chi connectivity index (χ0) is 18.9. The van der Waals surface area contributed by atoms with E-state index in [1.165, 1.54) is 36.4 Å². The van der Waals surface area contributed by atoms with Crippen molar-refractivity contribution in [2.45, 2.75) is 6.29 Å². The van der Waals surface area contributed by atoms with Gasteiger partial charge in [0.2, 0.25) is 0 Å². The summed E-state index contributed by atoms with van der Waals surface area (Å²) in [4.78, 5) is 23.3. The molecule has 0 aliphatic carbocycles. The van der Waals surface area contributed by atoms with Crippen LogP contribution in [0.1, 0.15) is 10.4 Å². The number of primary amides is 1. The zero-order valence-corrected chi connectivity index (χ0v) is 13.7. The summed E-state index contributed by atoms with van der Waals surface area (Å²) in [6.45, 7) is -0.452. The molecule has 0 bridgehead atoms. The largest absolute Gasteiger partial charge is 0.586 e. The number of benzene rings is 2. The number of fused-ring (bicyclic) bond motifs is 1. The Morgan fingerprint density at radius 3 is 2.62 bits per heavy atom. The Balaban J connectivity index is 1.63. The van der Waals surface area contributed by atoms with E-state index in [0.29, 0.717) is 0 Å². The molecule has 0 saturated heterocycles. The lowest BCUT2D eigenvalue weighted by molar-refractivity contribution is -0.286. The number of hydrogen-bond donors (Lipinski definition) is 2. The highest BCUT2D eigenvalue weighted by Crippen LogP contribution is 2.42. The summed E-state index contributed by atoms with van der Waals surface area (Å²) in [5.41, 5.74) is 5.44. The van der Waals surface area contributed by atoms with Gasteiger partial charge in [0.1, 0.15) is 5.75 Å². The van der Waals surface area contributed by atoms with Gasteiger partial charge >= 0.3 is 6.29 Å². The Kier molecular flexibility index (Phi) is 4.56. The molecule has 2 aromatic rings. The van der Waals surface area contributed by atoms with Gasteiger partial charge in [-0.2, -0.15) is 0 Å². The van der Waals surface area contributed by atoms with Crippen molar-refractivity contribution in [1.29, 1.82) is 0 Å². The van der Waals surface area contributed by atoms with E-state index < -0.39 is 24.7 Å². The first-order chi connectivity index (χ1) is 12.2. The third kappa shape index (κ3) is 3.94. The molecule has 1 aliphatic heterocycles. The second-order valence-corrected chi connectivity index (χ2v) is 5.61. The lowest BCUT2D eigenvalue weighted by Gasteiger charge is -2.10. The molecule has 0 atom stereocenters. The number of hydrogen-bond acceptors (Lipinski definition) is 5. The summed E-state index contributed by atoms with van der Waals surface area (Å²) in [6, 6.07) is 7.97. The van der Waals surface area contributed by atoms with Gasteiger partial charge in [0.25, 0.3) is 11.8 Å². The molecule has 136 valence electrons. The van der Waals surface area contributed by atoms with Crippen LogP contribution in [0.3, 0.4) is 0 Å². The number of alkyl halides is 2. The predicted octanol–water partition coefficient (Wildman–Crippen LogP) is 2.78. The molecular formula is C16H11ClF2N2O5. The normalized spacial score (nSPS) is 14.0. The highest BCUT2D eigenvalue weighted by atomic mass is 35.5. The summed E-state index contributed by atoms with van der Waals surface area (Å²) in [6.07, 6.45) is -3.74. The lowest BCUT2D eigenvalue weighted by atomic mass is 10.2. The molecule has 0 saturated carbocycles. The number of carbonyl (C=O) groups is 2. The number of nitrogens with one attached hydrogen (secondary N) is 1. The summed E-state index contributed by atoms with van der Waals surface area (Å²) in [7, 11) is 0. The van der Waals surface area contributed by atoms with Crippen LogP contribution in [0, 0.1) is 0 Å². The topological polar surface area (TPSA) is 99.9 Å². The van der Waals surface area contributed by atoms with Gasteiger partial charge in [-0.15, -0.1) is 8.78 Å². The van der Waals surface area contributed by atoms with Crippen molar-refractivity contribution in [3.8, 4) is 17.2 Å². The minimum Gasteiger partial charge on any atom is -0.483 e. The van der Waals surface area contributed by atoms with Crippen molar-refractivity contribution in [2.75, 3.05) is 11.9 Å². The molecule has 10 heteroatoms. The van der Waals surface area contributed by atoms with E-state index in [-0.39, 0.29) is 33.5 Å². The second-order valence-electron chi connectivity index (χ2n) is 5.17. The predicted molar refractivity (Wildman–Crippen MR) is 86.7 cm³/mol. The van der Waals surface area contributed by atoms with Crippen molar-refractivity contribution < 1.29 is 32.6 Å². The number of rotatable bonds is 5. The van der Waals surface area contributed by atoms with Gasteiger partial charge in [0, 0.05) is 16.8 Å². The minimum absolute atomic E-state index is 0.0237. The van der Waals surface area contributed by atoms with Crippen LogP contribution in [0.2, 0.25) is 5.02 Å². The third-order valence-corrected chi connectivity index (χ3v) is 3.49. The number of ether oxygens (including phenoxy) is 3. The van der Waals surface area contributed by atoms with Crippen LogP contribution in [-0.2, 0) is 4.79 Å². The number of anilines is 1. The first kappa shape index (κ1) is 17.7. The maximum atomic E-state index is 13.0. The van der Waals surface area contributed by atoms with Gasteiger partial charge in [0.15, 0.2) is 18.1 Å². The van der Waals surface area contributed by atoms with Crippen LogP contribution in [0.5, 0.6) is 17.2 Å². The van der Waals surface area contributed by atoms with E-state index in [9.17, 15) is 18.4 Å². The highest BCUT2D eigenvalue weighted by molar-refractivity contribution is 6.31. The number of carbonyl (C=O) groups excluding carboxylic acids is 2. The average Bonchev–Trinajstić information content (AvgIpc) is 2.86. The Bertz CT molecular complexity index is 891. The fourth-order valence-electron chi connectivity index (χ4n) is 2.19. The molecule has 0 fully saturated rings. The molecule has 0 radical (unpaired) electrons. The van der Waals surface area contributed by atoms with Crippen molar-refractivity contribution in [1.82, 2.24) is 0 Å². The first-order valence-electron chi connectivity index (χ1n) is 7.15. The molecule has 7 nitrogen and oxygen atoms in total. The molecule has 0 unspecified atom stereocenters. The van der Waals surface area contributed by atoms with Gasteiger partial charge < -0.3 is 25.3 Å². The van der Waals surface area contributed by atoms with Crippen LogP contribution in [0.15, 0.2) is 36.4 Å². The van der Waals surface area contributed by atoms with E-state index in [0.717, 1.165) is 0 Å². The first-order valence-corrected chi connectivity index (χ1v) is 7.53. The smallest absolute Gasteiger partial charge is 0.483 e. The zero-order valence-electron chi connectivity index (χ0n) is 12.9. The Morgan fingerprint density at radius 1 is 1.15 bits per heavy atom. The van der Waals surface area contributed by atoms with E-state index in [2.05, 4.69) is 14.8 Å². The lowest BCUT2D eigenvalue weighted by Crippen LogP contribution is -2.25. The van der Waals surface area contributed by atoms with Gasteiger partial charge in [-0.25, -0.2) is 0 Å². The van der Waals surface area contributed by atoms with E-state index in [4.69, 9.17) is 22.1 Å². The standard InChI is InChI=1S/C16H11ClF2N2O5/c17-8-1-3-11(10(5-8)15(20)23)24-7-14(22)21-9-2-4-12-13(6-9)26-16(18,19)25-12/h1-6H,7H2,(H2,20,23)(H,21,22). The molecule has 2 amide bonds. The monoisotopic (exact) mass is 384 g/mol. The van der Waals surface area contributed by atoms with Crippen LogP contribution < -0.4 is 25.3 Å². The fourth-order valence-corrected chi connectivity index (χ4v) is 2.36. The van der Waals surface area contributed by atoms with Crippen LogP contribution >= 0.6 is 11.6 Å². The second kappa shape index (κ2) is 6.68. The molecule has 1 heterocycles. The quantitative estimate of drug-likeness (QED) is 0.825. The van der Waals surface area contributed by atoms with E-state index in [1.807, 2.05) is 0 Å². The molecule has 1 aliphatic rings. The number of nitrogens with two attached hydrogens (primary N) is 1. The number of halogens is 3. The summed E-state index contributed by atoms with van der Waals surface area (Å²) >= 11 is 5.78. The molecule has 3 rings (SSSR count). The highest BCUT2D eigenvalue weighted by Gasteiger charge is 2.43. The third-order valence-electron chi connectivity index (χ3n) is 3.25. The van der Waals surface area contributed by atoms with Crippen molar-refractivity contribution in [3.05, 3.63) is 47.0 Å². The Hall–Kier alpha value is -3.07. The van der Waals surface area contributed by atoms with Gasteiger partial charge in [-0.3, -0.25) is 9.59 Å². The average molecular weight is 385 g/mol. The summed E-state index contributed by atoms with van der Waals surface area (Å²) < 4.78 is 39.8. The van der Waals surface area contributed by atoms with Gasteiger partial charge in [-0.1, -0.05) is 11.6 Å². The summed E-state index contributed by atoms with van der Waals surface area (Å²) in [5, 5.41) is 2.73. The van der Waals surface area contributed by atoms with E-state index >= 15 is 0 Å². The molecule has 3 N–H and O–H groups in total. The molecule has 2 aromatic carbocycles. The van der Waals surface area contributed by atoms with Gasteiger partial charge in [0.05, 0.1) is 5.56 Å². The van der Waals surface area contributed by atoms with Crippen molar-refractivity contribution >= 4 is 29.1 Å². The van der Waals surface area contributed by atoms with Crippen molar-refractivity contribution in [3.63, 3.8) is 0 Å². The van der Waals surface area contributed by atoms with Crippen LogP contribution in [0.4, 0.5) is 14.5 Å². The molecule has 0 aromatic heterocycles. The minimum atomic E-state index is -3.74. The van der Waals surface area contributed by atoms with Crippen molar-refractivity contribution in [2.24, 2.45) is 5.73 Å². The molecule has 0 spiro atoms. The molecular weight excluding hydrogens is 374 g/mol. The van der Waals surface area contributed by atoms with Crippen LogP contribution in [0.25, 0.3) is 0 Å².